The largest absolute Gasteiger partial charge is 0.303 e. The standard InChI is InChI=1S/C13H16FN/c1-3-13(4-2)15-9-8-11-6-5-7-12(14)10-11/h1,5-7,10,13,15H,4,8-9H2,2H3. The molecule has 0 amide bonds. The molecule has 1 nitrogen and oxygen atoms in total. The normalized spacial score (nSPS) is 12.1. The molecule has 0 aliphatic heterocycles. The quantitative estimate of drug-likeness (QED) is 0.728. The molecule has 1 aromatic carbocycles. The summed E-state index contributed by atoms with van der Waals surface area (Å²) in [7, 11) is 0. The molecule has 0 aromatic heterocycles. The SMILES string of the molecule is C#CC(CC)NCCc1cccc(F)c1. The summed E-state index contributed by atoms with van der Waals surface area (Å²) in [4.78, 5) is 0. The first-order valence-electron chi connectivity index (χ1n) is 5.20. The van der Waals surface area contributed by atoms with Crippen molar-refractivity contribution in [3.63, 3.8) is 0 Å². The minimum Gasteiger partial charge on any atom is -0.303 e. The number of benzene rings is 1. The van der Waals surface area contributed by atoms with Crippen molar-refractivity contribution in [3.05, 3.63) is 35.6 Å². The van der Waals surface area contributed by atoms with Gasteiger partial charge >= 0.3 is 0 Å². The summed E-state index contributed by atoms with van der Waals surface area (Å²) in [6.07, 6.45) is 7.03. The first kappa shape index (κ1) is 11.7. The molecule has 0 saturated heterocycles. The van der Waals surface area contributed by atoms with Crippen molar-refractivity contribution in [2.24, 2.45) is 0 Å². The average molecular weight is 205 g/mol. The summed E-state index contributed by atoms with van der Waals surface area (Å²) in [5.41, 5.74) is 0.995. The molecule has 1 atom stereocenters. The van der Waals surface area contributed by atoms with Crippen molar-refractivity contribution in [3.8, 4) is 12.3 Å². The molecule has 0 aliphatic rings. The van der Waals surface area contributed by atoms with Crippen LogP contribution < -0.4 is 5.32 Å². The molecule has 1 rings (SSSR count). The summed E-state index contributed by atoms with van der Waals surface area (Å²) in [6.45, 7) is 2.83. The van der Waals surface area contributed by atoms with Crippen LogP contribution in [0.15, 0.2) is 24.3 Å². The topological polar surface area (TPSA) is 12.0 Å². The van der Waals surface area contributed by atoms with Crippen molar-refractivity contribution in [2.75, 3.05) is 6.54 Å². The third-order valence-electron chi connectivity index (χ3n) is 2.30. The molecule has 0 radical (unpaired) electrons. The fraction of sp³-hybridized carbons (Fsp3) is 0.385. The van der Waals surface area contributed by atoms with Crippen molar-refractivity contribution in [1.29, 1.82) is 0 Å². The lowest BCUT2D eigenvalue weighted by atomic mass is 10.1. The van der Waals surface area contributed by atoms with Crippen LogP contribution in [0.1, 0.15) is 18.9 Å². The van der Waals surface area contributed by atoms with E-state index in [1.807, 2.05) is 13.0 Å². The van der Waals surface area contributed by atoms with Gasteiger partial charge in [-0.05, 0) is 30.5 Å². The van der Waals surface area contributed by atoms with Gasteiger partial charge in [0.15, 0.2) is 0 Å². The summed E-state index contributed by atoms with van der Waals surface area (Å²) >= 11 is 0. The van der Waals surface area contributed by atoms with Gasteiger partial charge < -0.3 is 5.32 Å². The number of terminal acetylenes is 1. The number of nitrogens with one attached hydrogen (secondary N) is 1. The van der Waals surface area contributed by atoms with Gasteiger partial charge in [0.2, 0.25) is 0 Å². The Balaban J connectivity index is 2.35. The Kier molecular flexibility index (Phi) is 4.86. The van der Waals surface area contributed by atoms with Gasteiger partial charge in [0, 0.05) is 6.54 Å². The molecule has 1 N–H and O–H groups in total. The molecule has 0 fully saturated rings. The molecule has 0 aliphatic carbocycles. The fourth-order valence-corrected chi connectivity index (χ4v) is 1.40. The first-order valence-corrected chi connectivity index (χ1v) is 5.20. The van der Waals surface area contributed by atoms with Crippen LogP contribution in [-0.2, 0) is 6.42 Å². The van der Waals surface area contributed by atoms with Crippen LogP contribution in [0.2, 0.25) is 0 Å². The van der Waals surface area contributed by atoms with Gasteiger partial charge in [-0.1, -0.05) is 25.0 Å². The summed E-state index contributed by atoms with van der Waals surface area (Å²) in [6, 6.07) is 6.77. The molecule has 0 heterocycles. The van der Waals surface area contributed by atoms with Crippen molar-refractivity contribution in [2.45, 2.75) is 25.8 Å². The minimum atomic E-state index is -0.184. The van der Waals surface area contributed by atoms with Gasteiger partial charge in [-0.25, -0.2) is 4.39 Å². The molecule has 1 unspecified atom stereocenters. The smallest absolute Gasteiger partial charge is 0.123 e. The van der Waals surface area contributed by atoms with Crippen LogP contribution in [0.5, 0.6) is 0 Å². The van der Waals surface area contributed by atoms with E-state index in [0.717, 1.165) is 24.9 Å². The lowest BCUT2D eigenvalue weighted by molar-refractivity contribution is 0.590. The van der Waals surface area contributed by atoms with E-state index in [1.165, 1.54) is 6.07 Å². The number of hydrogen-bond acceptors (Lipinski definition) is 1. The van der Waals surface area contributed by atoms with Gasteiger partial charge in [-0.2, -0.15) is 0 Å². The van der Waals surface area contributed by atoms with E-state index in [1.54, 1.807) is 12.1 Å². The van der Waals surface area contributed by atoms with E-state index in [4.69, 9.17) is 6.42 Å². The van der Waals surface area contributed by atoms with Crippen molar-refractivity contribution < 1.29 is 4.39 Å². The van der Waals surface area contributed by atoms with E-state index in [9.17, 15) is 4.39 Å². The molecule has 80 valence electrons. The number of hydrogen-bond donors (Lipinski definition) is 1. The third kappa shape index (κ3) is 4.14. The van der Waals surface area contributed by atoms with E-state index in [-0.39, 0.29) is 11.9 Å². The van der Waals surface area contributed by atoms with E-state index in [0.29, 0.717) is 0 Å². The molecule has 0 spiro atoms. The van der Waals surface area contributed by atoms with Gasteiger partial charge in [-0.3, -0.25) is 0 Å². The molecule has 15 heavy (non-hydrogen) atoms. The average Bonchev–Trinajstić information content (AvgIpc) is 2.25. The third-order valence-corrected chi connectivity index (χ3v) is 2.30. The Morgan fingerprint density at radius 3 is 2.93 bits per heavy atom. The molecule has 0 saturated carbocycles. The van der Waals surface area contributed by atoms with Crippen LogP contribution in [-0.4, -0.2) is 12.6 Å². The van der Waals surface area contributed by atoms with E-state index >= 15 is 0 Å². The number of rotatable bonds is 5. The van der Waals surface area contributed by atoms with Crippen LogP contribution >= 0.6 is 0 Å². The second-order valence-electron chi connectivity index (χ2n) is 3.46. The van der Waals surface area contributed by atoms with Crippen molar-refractivity contribution in [1.82, 2.24) is 5.32 Å². The molecule has 2 heteroatoms. The Labute approximate surface area is 90.7 Å². The second kappa shape index (κ2) is 6.21. The molecular weight excluding hydrogens is 189 g/mol. The van der Waals surface area contributed by atoms with Gasteiger partial charge in [-0.15, -0.1) is 6.42 Å². The fourth-order valence-electron chi connectivity index (χ4n) is 1.40. The first-order chi connectivity index (χ1) is 7.26. The summed E-state index contributed by atoms with van der Waals surface area (Å²) in [5.74, 6) is 2.48. The maximum absolute atomic E-state index is 12.8. The maximum atomic E-state index is 12.8. The Hall–Kier alpha value is -1.33. The van der Waals surface area contributed by atoms with Crippen molar-refractivity contribution >= 4 is 0 Å². The highest BCUT2D eigenvalue weighted by Gasteiger charge is 2.00. The highest BCUT2D eigenvalue weighted by molar-refractivity contribution is 5.16. The molecule has 1 aromatic rings. The summed E-state index contributed by atoms with van der Waals surface area (Å²) in [5, 5.41) is 3.23. The van der Waals surface area contributed by atoms with Crippen LogP contribution in [0.4, 0.5) is 4.39 Å². The molecular formula is C13H16FN. The summed E-state index contributed by atoms with van der Waals surface area (Å²) < 4.78 is 12.8. The van der Waals surface area contributed by atoms with E-state index in [2.05, 4.69) is 11.2 Å². The monoisotopic (exact) mass is 205 g/mol. The lowest BCUT2D eigenvalue weighted by Crippen LogP contribution is -2.28. The highest BCUT2D eigenvalue weighted by atomic mass is 19.1. The Morgan fingerprint density at radius 1 is 1.53 bits per heavy atom. The lowest BCUT2D eigenvalue weighted by Gasteiger charge is -2.10. The second-order valence-corrected chi connectivity index (χ2v) is 3.46. The van der Waals surface area contributed by atoms with Crippen LogP contribution in [0, 0.1) is 18.2 Å². The van der Waals surface area contributed by atoms with E-state index < -0.39 is 0 Å². The zero-order chi connectivity index (χ0) is 11.1. The predicted molar refractivity (Wildman–Crippen MR) is 61.0 cm³/mol. The van der Waals surface area contributed by atoms with Crippen LogP contribution in [0.3, 0.4) is 0 Å². The van der Waals surface area contributed by atoms with Gasteiger partial charge in [0.1, 0.15) is 5.82 Å². The highest BCUT2D eigenvalue weighted by Crippen LogP contribution is 2.03. The minimum absolute atomic E-state index is 0.124. The maximum Gasteiger partial charge on any atom is 0.123 e. The Bertz CT molecular complexity index is 341. The Morgan fingerprint density at radius 2 is 2.33 bits per heavy atom. The van der Waals surface area contributed by atoms with Crippen LogP contribution in [0.25, 0.3) is 0 Å². The predicted octanol–water partition coefficient (Wildman–Crippen LogP) is 2.37. The molecule has 0 bridgehead atoms. The van der Waals surface area contributed by atoms with Gasteiger partial charge in [0.25, 0.3) is 0 Å². The zero-order valence-corrected chi connectivity index (χ0v) is 8.96. The number of halogens is 1. The van der Waals surface area contributed by atoms with Gasteiger partial charge in [0.05, 0.1) is 6.04 Å². The zero-order valence-electron chi connectivity index (χ0n) is 8.96.